The van der Waals surface area contributed by atoms with Crippen molar-refractivity contribution in [2.75, 3.05) is 22.4 Å². The van der Waals surface area contributed by atoms with E-state index in [1.807, 2.05) is 26.0 Å². The first-order chi connectivity index (χ1) is 16.6. The predicted molar refractivity (Wildman–Crippen MR) is 140 cm³/mol. The van der Waals surface area contributed by atoms with Gasteiger partial charge in [0.05, 0.1) is 29.7 Å². The number of nitrogens with one attached hydrogen (secondary N) is 2. The van der Waals surface area contributed by atoms with E-state index in [0.717, 1.165) is 16.7 Å². The van der Waals surface area contributed by atoms with Gasteiger partial charge in [-0.15, -0.1) is 6.58 Å². The van der Waals surface area contributed by atoms with Crippen LogP contribution in [0, 0.1) is 13.8 Å². The molecule has 3 rings (SSSR count). The number of amides is 2. The van der Waals surface area contributed by atoms with Gasteiger partial charge in [0.25, 0.3) is 11.8 Å². The molecule has 35 heavy (non-hydrogen) atoms. The number of rotatable bonds is 9. The van der Waals surface area contributed by atoms with E-state index in [-0.39, 0.29) is 18.4 Å². The van der Waals surface area contributed by atoms with Crippen molar-refractivity contribution < 1.29 is 18.0 Å². The Hall–Kier alpha value is -3.91. The Morgan fingerprint density at radius 1 is 0.943 bits per heavy atom. The van der Waals surface area contributed by atoms with E-state index in [2.05, 4.69) is 17.2 Å². The molecule has 0 heterocycles. The summed E-state index contributed by atoms with van der Waals surface area (Å²) in [7, 11) is -3.52. The van der Waals surface area contributed by atoms with E-state index in [1.165, 1.54) is 10.6 Å². The molecular formula is C27H29N3O4S. The van der Waals surface area contributed by atoms with Crippen molar-refractivity contribution in [1.82, 2.24) is 5.32 Å². The van der Waals surface area contributed by atoms with Gasteiger partial charge in [-0.3, -0.25) is 13.9 Å². The van der Waals surface area contributed by atoms with Crippen molar-refractivity contribution >= 4 is 33.2 Å². The normalized spacial score (nSPS) is 10.9. The summed E-state index contributed by atoms with van der Waals surface area (Å²) in [5, 5.41) is 5.47. The standard InChI is InChI=1S/C27H29N3O4S/c1-5-16-28-27(32)24-8-6-7-9-25(24)29-26(31)22-13-11-21(12-14-22)18-30(35(4,33)34)23-15-10-19(2)20(3)17-23/h5-15,17H,1,16,18H2,2-4H3,(H,28,32)(H,29,31). The molecule has 0 aromatic heterocycles. The molecule has 0 radical (unpaired) electrons. The van der Waals surface area contributed by atoms with Crippen molar-refractivity contribution in [3.8, 4) is 0 Å². The number of para-hydroxylation sites is 1. The number of carbonyl (C=O) groups is 2. The molecule has 8 heteroatoms. The number of anilines is 2. The van der Waals surface area contributed by atoms with Crippen LogP contribution in [0.5, 0.6) is 0 Å². The fourth-order valence-electron chi connectivity index (χ4n) is 3.45. The first-order valence-corrected chi connectivity index (χ1v) is 12.9. The lowest BCUT2D eigenvalue weighted by Gasteiger charge is -2.23. The highest BCUT2D eigenvalue weighted by molar-refractivity contribution is 7.92. The van der Waals surface area contributed by atoms with Crippen LogP contribution in [0.15, 0.2) is 79.4 Å². The summed E-state index contributed by atoms with van der Waals surface area (Å²) in [4.78, 5) is 25.2. The van der Waals surface area contributed by atoms with Crippen molar-refractivity contribution in [2.24, 2.45) is 0 Å². The Labute approximate surface area is 206 Å². The summed E-state index contributed by atoms with van der Waals surface area (Å²) >= 11 is 0. The van der Waals surface area contributed by atoms with E-state index in [4.69, 9.17) is 0 Å². The van der Waals surface area contributed by atoms with E-state index in [1.54, 1.807) is 60.7 Å². The van der Waals surface area contributed by atoms with Crippen LogP contribution >= 0.6 is 0 Å². The van der Waals surface area contributed by atoms with Crippen molar-refractivity contribution in [2.45, 2.75) is 20.4 Å². The molecule has 0 saturated carbocycles. The molecule has 182 valence electrons. The van der Waals surface area contributed by atoms with Gasteiger partial charge in [0, 0.05) is 12.1 Å². The maximum atomic E-state index is 12.8. The number of aryl methyl sites for hydroxylation is 2. The summed E-state index contributed by atoms with van der Waals surface area (Å²) in [5.74, 6) is -0.696. The topological polar surface area (TPSA) is 95.6 Å². The van der Waals surface area contributed by atoms with E-state index >= 15 is 0 Å². The summed E-state index contributed by atoms with van der Waals surface area (Å²) in [6.07, 6.45) is 2.75. The van der Waals surface area contributed by atoms with Gasteiger partial charge in [-0.1, -0.05) is 36.4 Å². The third-order valence-corrected chi connectivity index (χ3v) is 6.69. The second-order valence-corrected chi connectivity index (χ2v) is 10.1. The van der Waals surface area contributed by atoms with Crippen LogP contribution in [-0.2, 0) is 16.6 Å². The number of benzene rings is 3. The quantitative estimate of drug-likeness (QED) is 0.433. The molecule has 0 bridgehead atoms. The van der Waals surface area contributed by atoms with Gasteiger partial charge in [-0.2, -0.15) is 0 Å². The second-order valence-electron chi connectivity index (χ2n) is 8.23. The van der Waals surface area contributed by atoms with E-state index in [0.29, 0.717) is 29.0 Å². The Bertz CT molecular complexity index is 1350. The molecule has 0 aliphatic heterocycles. The van der Waals surface area contributed by atoms with Gasteiger partial charge >= 0.3 is 0 Å². The minimum atomic E-state index is -3.52. The molecule has 3 aromatic rings. The molecule has 0 saturated heterocycles. The lowest BCUT2D eigenvalue weighted by molar-refractivity contribution is 0.0959. The number of sulfonamides is 1. The minimum absolute atomic E-state index is 0.134. The van der Waals surface area contributed by atoms with Gasteiger partial charge in [0.1, 0.15) is 0 Å². The monoisotopic (exact) mass is 491 g/mol. The molecular weight excluding hydrogens is 462 g/mol. The molecule has 3 aromatic carbocycles. The minimum Gasteiger partial charge on any atom is -0.349 e. The first kappa shape index (κ1) is 25.7. The molecule has 0 spiro atoms. The molecule has 0 fully saturated rings. The molecule has 2 amide bonds. The Morgan fingerprint density at radius 2 is 1.63 bits per heavy atom. The maximum Gasteiger partial charge on any atom is 0.255 e. The van der Waals surface area contributed by atoms with Crippen LogP contribution in [0.1, 0.15) is 37.4 Å². The molecule has 0 atom stereocenters. The zero-order chi connectivity index (χ0) is 25.6. The Morgan fingerprint density at radius 3 is 2.26 bits per heavy atom. The molecule has 0 unspecified atom stereocenters. The third-order valence-electron chi connectivity index (χ3n) is 5.55. The third kappa shape index (κ3) is 6.58. The van der Waals surface area contributed by atoms with Crippen LogP contribution in [-0.4, -0.2) is 33.0 Å². The zero-order valence-electron chi connectivity index (χ0n) is 20.0. The SMILES string of the molecule is C=CCNC(=O)c1ccccc1NC(=O)c1ccc(CN(c2ccc(C)c(C)c2)S(C)(=O)=O)cc1. The molecule has 7 nitrogen and oxygen atoms in total. The number of hydrogen-bond donors (Lipinski definition) is 2. The second kappa shape index (κ2) is 11.0. The highest BCUT2D eigenvalue weighted by atomic mass is 32.2. The van der Waals surface area contributed by atoms with Crippen molar-refractivity contribution in [1.29, 1.82) is 0 Å². The van der Waals surface area contributed by atoms with Crippen LogP contribution < -0.4 is 14.9 Å². The van der Waals surface area contributed by atoms with Crippen molar-refractivity contribution in [3.05, 3.63) is 107 Å². The highest BCUT2D eigenvalue weighted by Crippen LogP contribution is 2.24. The maximum absolute atomic E-state index is 12.8. The highest BCUT2D eigenvalue weighted by Gasteiger charge is 2.19. The number of nitrogens with zero attached hydrogens (tertiary/aromatic N) is 1. The lowest BCUT2D eigenvalue weighted by atomic mass is 10.1. The van der Waals surface area contributed by atoms with E-state index < -0.39 is 10.0 Å². The molecule has 0 aliphatic carbocycles. The van der Waals surface area contributed by atoms with Gasteiger partial charge in [-0.25, -0.2) is 8.42 Å². The van der Waals surface area contributed by atoms with Gasteiger partial charge in [0.2, 0.25) is 10.0 Å². The van der Waals surface area contributed by atoms with Gasteiger partial charge in [0.15, 0.2) is 0 Å². The summed E-state index contributed by atoms with van der Waals surface area (Å²) in [5.41, 5.74) is 4.52. The largest absolute Gasteiger partial charge is 0.349 e. The molecule has 2 N–H and O–H groups in total. The van der Waals surface area contributed by atoms with Gasteiger partial charge in [-0.05, 0) is 66.9 Å². The average molecular weight is 492 g/mol. The predicted octanol–water partition coefficient (Wildman–Crippen LogP) is 4.44. The fraction of sp³-hybridized carbons (Fsp3) is 0.185. The van der Waals surface area contributed by atoms with Crippen LogP contribution in [0.25, 0.3) is 0 Å². The lowest BCUT2D eigenvalue weighted by Crippen LogP contribution is -2.29. The summed E-state index contributed by atoms with van der Waals surface area (Å²) < 4.78 is 26.3. The summed E-state index contributed by atoms with van der Waals surface area (Å²) in [6.45, 7) is 7.94. The Kier molecular flexibility index (Phi) is 8.09. The average Bonchev–Trinajstić information content (AvgIpc) is 2.83. The van der Waals surface area contributed by atoms with Crippen LogP contribution in [0.2, 0.25) is 0 Å². The van der Waals surface area contributed by atoms with Crippen LogP contribution in [0.3, 0.4) is 0 Å². The van der Waals surface area contributed by atoms with Crippen LogP contribution in [0.4, 0.5) is 11.4 Å². The fourth-order valence-corrected chi connectivity index (χ4v) is 4.33. The van der Waals surface area contributed by atoms with Crippen molar-refractivity contribution in [3.63, 3.8) is 0 Å². The van der Waals surface area contributed by atoms with E-state index in [9.17, 15) is 18.0 Å². The molecule has 0 aliphatic rings. The summed E-state index contributed by atoms with van der Waals surface area (Å²) in [6, 6.07) is 19.0. The van der Waals surface area contributed by atoms with Gasteiger partial charge < -0.3 is 10.6 Å². The number of hydrogen-bond acceptors (Lipinski definition) is 4. The first-order valence-electron chi connectivity index (χ1n) is 11.0. The smallest absolute Gasteiger partial charge is 0.255 e. The zero-order valence-corrected chi connectivity index (χ0v) is 20.9. The number of carbonyl (C=O) groups excluding carboxylic acids is 2. The Balaban J connectivity index is 1.77.